The van der Waals surface area contributed by atoms with Crippen LogP contribution in [0.5, 0.6) is 0 Å². The van der Waals surface area contributed by atoms with Crippen molar-refractivity contribution in [3.05, 3.63) is 40.0 Å². The number of rotatable bonds is 5. The standard InChI is InChI=1S/C17H16ClN5O3S2/c18-13-1-2-14(16-15(13)11(7-19)8-20-16)22-28(24,25)17-21-9-12(27-17)10-23-3-5-26-6-4-23/h1-2,8-9,20,22H,3-6,10H2. The fourth-order valence-electron chi connectivity index (χ4n) is 3.04. The smallest absolute Gasteiger partial charge is 0.289 e. The molecule has 1 aliphatic heterocycles. The maximum atomic E-state index is 12.8. The molecule has 2 aromatic heterocycles. The molecule has 1 fully saturated rings. The average Bonchev–Trinajstić information content (AvgIpc) is 3.33. The highest BCUT2D eigenvalue weighted by Gasteiger charge is 2.22. The van der Waals surface area contributed by atoms with Gasteiger partial charge in [0, 0.05) is 42.3 Å². The monoisotopic (exact) mass is 437 g/mol. The zero-order valence-electron chi connectivity index (χ0n) is 14.6. The van der Waals surface area contributed by atoms with Gasteiger partial charge < -0.3 is 9.72 Å². The van der Waals surface area contributed by atoms with E-state index in [-0.39, 0.29) is 4.34 Å². The molecule has 2 N–H and O–H groups in total. The molecule has 0 bridgehead atoms. The van der Waals surface area contributed by atoms with Crippen LogP contribution >= 0.6 is 22.9 Å². The normalized spacial score (nSPS) is 15.6. The molecule has 11 heteroatoms. The first kappa shape index (κ1) is 19.2. The maximum absolute atomic E-state index is 12.8. The summed E-state index contributed by atoms with van der Waals surface area (Å²) in [5.41, 5.74) is 1.12. The lowest BCUT2D eigenvalue weighted by Crippen LogP contribution is -2.35. The number of fused-ring (bicyclic) bond motifs is 1. The number of nitrogens with zero attached hydrogens (tertiary/aromatic N) is 3. The quantitative estimate of drug-likeness (QED) is 0.634. The second kappa shape index (κ2) is 7.69. The van der Waals surface area contributed by atoms with Gasteiger partial charge in [-0.3, -0.25) is 9.62 Å². The van der Waals surface area contributed by atoms with Gasteiger partial charge in [0.2, 0.25) is 4.34 Å². The minimum absolute atomic E-state index is 0.00841. The summed E-state index contributed by atoms with van der Waals surface area (Å²) in [6.07, 6.45) is 3.09. The molecule has 0 unspecified atom stereocenters. The predicted octanol–water partition coefficient (Wildman–Crippen LogP) is 2.78. The van der Waals surface area contributed by atoms with Gasteiger partial charge in [-0.1, -0.05) is 11.6 Å². The molecule has 4 rings (SSSR count). The fraction of sp³-hybridized carbons (Fsp3) is 0.294. The second-order valence-electron chi connectivity index (χ2n) is 6.25. The number of benzene rings is 1. The third kappa shape index (κ3) is 3.72. The minimum Gasteiger partial charge on any atom is -0.379 e. The number of ether oxygens (including phenoxy) is 1. The lowest BCUT2D eigenvalue weighted by molar-refractivity contribution is 0.0346. The molecule has 8 nitrogen and oxygen atoms in total. The van der Waals surface area contributed by atoms with Gasteiger partial charge in [0.25, 0.3) is 10.0 Å². The summed E-state index contributed by atoms with van der Waals surface area (Å²) in [7, 11) is -3.87. The van der Waals surface area contributed by atoms with Gasteiger partial charge in [-0.05, 0) is 12.1 Å². The maximum Gasteiger partial charge on any atom is 0.289 e. The lowest BCUT2D eigenvalue weighted by atomic mass is 10.1. The van der Waals surface area contributed by atoms with E-state index >= 15 is 0 Å². The third-order valence-corrected chi connectivity index (χ3v) is 7.45. The van der Waals surface area contributed by atoms with E-state index in [0.717, 1.165) is 29.3 Å². The number of anilines is 1. The van der Waals surface area contributed by atoms with Crippen molar-refractivity contribution in [1.29, 1.82) is 5.26 Å². The molecule has 0 atom stereocenters. The Morgan fingerprint density at radius 2 is 2.18 bits per heavy atom. The van der Waals surface area contributed by atoms with E-state index in [4.69, 9.17) is 16.3 Å². The molecular formula is C17H16ClN5O3S2. The van der Waals surface area contributed by atoms with Crippen LogP contribution in [0.25, 0.3) is 10.9 Å². The molecular weight excluding hydrogens is 422 g/mol. The summed E-state index contributed by atoms with van der Waals surface area (Å²) in [6, 6.07) is 5.15. The van der Waals surface area contributed by atoms with Gasteiger partial charge >= 0.3 is 0 Å². The number of aromatic nitrogens is 2. The van der Waals surface area contributed by atoms with E-state index < -0.39 is 10.0 Å². The molecule has 1 aromatic carbocycles. The van der Waals surface area contributed by atoms with Gasteiger partial charge in [0.05, 0.1) is 35.0 Å². The summed E-state index contributed by atoms with van der Waals surface area (Å²) in [6.45, 7) is 3.63. The molecule has 0 saturated carbocycles. The Morgan fingerprint density at radius 3 is 2.93 bits per heavy atom. The Bertz CT molecular complexity index is 1160. The van der Waals surface area contributed by atoms with E-state index in [1.807, 2.05) is 6.07 Å². The molecule has 28 heavy (non-hydrogen) atoms. The van der Waals surface area contributed by atoms with Crippen molar-refractivity contribution in [1.82, 2.24) is 14.9 Å². The van der Waals surface area contributed by atoms with Crippen LogP contribution in [0.15, 0.2) is 28.9 Å². The summed E-state index contributed by atoms with van der Waals surface area (Å²) in [5, 5.41) is 10.1. The highest BCUT2D eigenvalue weighted by Crippen LogP contribution is 2.33. The number of thiazole rings is 1. The van der Waals surface area contributed by atoms with Crippen LogP contribution in [-0.2, 0) is 21.3 Å². The molecule has 0 radical (unpaired) electrons. The molecule has 3 aromatic rings. The minimum atomic E-state index is -3.87. The van der Waals surface area contributed by atoms with Gasteiger partial charge in [-0.15, -0.1) is 11.3 Å². The number of nitriles is 1. The average molecular weight is 438 g/mol. The zero-order valence-corrected chi connectivity index (χ0v) is 17.0. The van der Waals surface area contributed by atoms with Crippen molar-refractivity contribution in [2.75, 3.05) is 31.0 Å². The molecule has 146 valence electrons. The van der Waals surface area contributed by atoms with E-state index in [9.17, 15) is 13.7 Å². The summed E-state index contributed by atoms with van der Waals surface area (Å²) in [5.74, 6) is 0. The SMILES string of the molecule is N#Cc1c[nH]c2c(NS(=O)(=O)c3ncc(CN4CCOCC4)s3)ccc(Cl)c12. The Kier molecular flexibility index (Phi) is 5.27. The number of hydrogen-bond acceptors (Lipinski definition) is 7. The number of halogens is 1. The Hall–Kier alpha value is -2.16. The van der Waals surface area contributed by atoms with Crippen LogP contribution in [-0.4, -0.2) is 49.6 Å². The van der Waals surface area contributed by atoms with E-state index in [1.165, 1.54) is 6.20 Å². The molecule has 0 amide bonds. The van der Waals surface area contributed by atoms with Crippen LogP contribution in [0.4, 0.5) is 5.69 Å². The lowest BCUT2D eigenvalue weighted by Gasteiger charge is -2.25. The molecule has 1 saturated heterocycles. The van der Waals surface area contributed by atoms with Crippen molar-refractivity contribution in [2.45, 2.75) is 10.9 Å². The highest BCUT2D eigenvalue weighted by atomic mass is 35.5. The first-order chi connectivity index (χ1) is 13.5. The first-order valence-corrected chi connectivity index (χ1v) is 11.1. The van der Waals surface area contributed by atoms with Gasteiger partial charge in [0.1, 0.15) is 6.07 Å². The van der Waals surface area contributed by atoms with Crippen molar-refractivity contribution < 1.29 is 13.2 Å². The predicted molar refractivity (Wildman–Crippen MR) is 107 cm³/mol. The number of hydrogen-bond donors (Lipinski definition) is 2. The molecule has 0 aliphatic carbocycles. The number of aromatic amines is 1. The number of morpholine rings is 1. The Balaban J connectivity index is 1.58. The van der Waals surface area contributed by atoms with Crippen molar-refractivity contribution in [3.63, 3.8) is 0 Å². The van der Waals surface area contributed by atoms with Crippen molar-refractivity contribution in [3.8, 4) is 6.07 Å². The molecule has 0 spiro atoms. The van der Waals surface area contributed by atoms with Crippen LogP contribution in [0.3, 0.4) is 0 Å². The number of H-pyrrole nitrogens is 1. The summed E-state index contributed by atoms with van der Waals surface area (Å²) < 4.78 is 33.5. The summed E-state index contributed by atoms with van der Waals surface area (Å²) in [4.78, 5) is 10.1. The number of sulfonamides is 1. The fourth-order valence-corrected chi connectivity index (χ4v) is 5.60. The largest absolute Gasteiger partial charge is 0.379 e. The van der Waals surface area contributed by atoms with Crippen LogP contribution in [0.2, 0.25) is 5.02 Å². The van der Waals surface area contributed by atoms with Gasteiger partial charge in [-0.25, -0.2) is 4.98 Å². The summed E-state index contributed by atoms with van der Waals surface area (Å²) >= 11 is 7.30. The Labute approximate surface area is 170 Å². The highest BCUT2D eigenvalue weighted by molar-refractivity contribution is 7.94. The van der Waals surface area contributed by atoms with Crippen LogP contribution in [0, 0.1) is 11.3 Å². The van der Waals surface area contributed by atoms with Gasteiger partial charge in [-0.2, -0.15) is 13.7 Å². The van der Waals surface area contributed by atoms with E-state index in [0.29, 0.717) is 46.9 Å². The van der Waals surface area contributed by atoms with Gasteiger partial charge in [0.15, 0.2) is 0 Å². The number of nitrogens with one attached hydrogen (secondary N) is 2. The zero-order chi connectivity index (χ0) is 19.7. The van der Waals surface area contributed by atoms with Crippen molar-refractivity contribution >= 4 is 49.6 Å². The van der Waals surface area contributed by atoms with Crippen LogP contribution < -0.4 is 4.72 Å². The van der Waals surface area contributed by atoms with E-state index in [1.54, 1.807) is 18.3 Å². The molecule has 3 heterocycles. The third-order valence-electron chi connectivity index (χ3n) is 4.39. The first-order valence-electron chi connectivity index (χ1n) is 8.45. The van der Waals surface area contributed by atoms with Crippen LogP contribution in [0.1, 0.15) is 10.4 Å². The second-order valence-corrected chi connectivity index (χ2v) is 9.62. The Morgan fingerprint density at radius 1 is 1.39 bits per heavy atom. The molecule has 1 aliphatic rings. The van der Waals surface area contributed by atoms with Crippen molar-refractivity contribution in [2.24, 2.45) is 0 Å². The van der Waals surface area contributed by atoms with E-state index in [2.05, 4.69) is 19.6 Å². The topological polar surface area (TPSA) is 111 Å².